The van der Waals surface area contributed by atoms with Gasteiger partial charge in [0.25, 0.3) is 0 Å². The lowest BCUT2D eigenvalue weighted by Gasteiger charge is -2.22. The van der Waals surface area contributed by atoms with Gasteiger partial charge >= 0.3 is 0 Å². The second-order valence-corrected chi connectivity index (χ2v) is 4.38. The van der Waals surface area contributed by atoms with Gasteiger partial charge in [0.05, 0.1) is 11.9 Å². The molecule has 0 fully saturated rings. The largest absolute Gasteiger partial charge is 0.369 e. The second kappa shape index (κ2) is 6.17. The highest BCUT2D eigenvalue weighted by molar-refractivity contribution is 5.51. The molecule has 2 rings (SSSR count). The Hall–Kier alpha value is -1.87. The predicted octanol–water partition coefficient (Wildman–Crippen LogP) is 2.44. The van der Waals surface area contributed by atoms with E-state index in [-0.39, 0.29) is 0 Å². The minimum atomic E-state index is 0.858. The summed E-state index contributed by atoms with van der Waals surface area (Å²) in [5.41, 5.74) is 3.75. The highest BCUT2D eigenvalue weighted by Crippen LogP contribution is 2.19. The third kappa shape index (κ3) is 3.08. The van der Waals surface area contributed by atoms with Crippen molar-refractivity contribution in [3.8, 4) is 0 Å². The average Bonchev–Trinajstić information content (AvgIpc) is 2.41. The number of rotatable bonds is 5. The molecule has 3 heteroatoms. The van der Waals surface area contributed by atoms with Crippen molar-refractivity contribution in [3.05, 3.63) is 59.9 Å². The number of hydrogen-bond acceptors (Lipinski definition) is 3. The smallest absolute Gasteiger partial charge is 0.0598 e. The van der Waals surface area contributed by atoms with Crippen LogP contribution in [-0.2, 0) is 13.1 Å². The lowest BCUT2D eigenvalue weighted by Crippen LogP contribution is -2.19. The summed E-state index contributed by atoms with van der Waals surface area (Å²) in [6.45, 7) is 1.75. The van der Waals surface area contributed by atoms with Gasteiger partial charge in [0, 0.05) is 26.3 Å². The quantitative estimate of drug-likeness (QED) is 0.871. The molecule has 0 radical (unpaired) electrons. The van der Waals surface area contributed by atoms with E-state index < -0.39 is 0 Å². The number of nitrogens with one attached hydrogen (secondary N) is 1. The molecule has 1 aromatic carbocycles. The Kier molecular flexibility index (Phi) is 4.31. The maximum atomic E-state index is 4.22. The zero-order valence-corrected chi connectivity index (χ0v) is 10.9. The third-order valence-electron chi connectivity index (χ3n) is 2.93. The highest BCUT2D eigenvalue weighted by atomic mass is 15.1. The van der Waals surface area contributed by atoms with Gasteiger partial charge in [-0.15, -0.1) is 0 Å². The number of anilines is 1. The van der Waals surface area contributed by atoms with Crippen molar-refractivity contribution < 1.29 is 0 Å². The van der Waals surface area contributed by atoms with Crippen LogP contribution in [0.3, 0.4) is 0 Å². The van der Waals surface area contributed by atoms with E-state index in [2.05, 4.69) is 52.6 Å². The fourth-order valence-electron chi connectivity index (χ4n) is 2.04. The van der Waals surface area contributed by atoms with Gasteiger partial charge in [0.15, 0.2) is 0 Å². The number of hydrogen-bond donors (Lipinski definition) is 1. The molecule has 0 aliphatic heterocycles. The number of aromatic nitrogens is 1. The molecule has 3 nitrogen and oxygen atoms in total. The molecule has 18 heavy (non-hydrogen) atoms. The lowest BCUT2D eigenvalue weighted by molar-refractivity contribution is 0.802. The van der Waals surface area contributed by atoms with Gasteiger partial charge in [-0.05, 0) is 24.2 Å². The van der Waals surface area contributed by atoms with Crippen LogP contribution in [0.4, 0.5) is 5.69 Å². The molecule has 0 saturated heterocycles. The van der Waals surface area contributed by atoms with Crippen molar-refractivity contribution in [2.45, 2.75) is 13.1 Å². The Labute approximate surface area is 108 Å². The van der Waals surface area contributed by atoms with Crippen LogP contribution >= 0.6 is 0 Å². The van der Waals surface area contributed by atoms with Crippen molar-refractivity contribution in [3.63, 3.8) is 0 Å². The molecule has 0 amide bonds. The van der Waals surface area contributed by atoms with E-state index in [0.29, 0.717) is 0 Å². The molecular weight excluding hydrogens is 222 g/mol. The van der Waals surface area contributed by atoms with Crippen molar-refractivity contribution in [1.29, 1.82) is 0 Å². The first-order valence-electron chi connectivity index (χ1n) is 6.14. The van der Waals surface area contributed by atoms with Gasteiger partial charge in [-0.2, -0.15) is 0 Å². The van der Waals surface area contributed by atoms with E-state index in [0.717, 1.165) is 13.1 Å². The molecule has 1 aromatic heterocycles. The third-order valence-corrected chi connectivity index (χ3v) is 2.93. The summed E-state index contributed by atoms with van der Waals surface area (Å²) >= 11 is 0. The SMILES string of the molecule is CNCc1ccncc1N(C)Cc1ccccc1. The molecule has 1 N–H and O–H groups in total. The molecule has 94 valence electrons. The molecule has 0 spiro atoms. The van der Waals surface area contributed by atoms with Crippen LogP contribution in [0.1, 0.15) is 11.1 Å². The number of pyridine rings is 1. The van der Waals surface area contributed by atoms with Crippen LogP contribution in [0.5, 0.6) is 0 Å². The first-order chi connectivity index (χ1) is 8.81. The van der Waals surface area contributed by atoms with Gasteiger partial charge in [-0.25, -0.2) is 0 Å². The Bertz CT molecular complexity index is 482. The molecular formula is C15H19N3. The second-order valence-electron chi connectivity index (χ2n) is 4.38. The summed E-state index contributed by atoms with van der Waals surface area (Å²) in [4.78, 5) is 6.45. The maximum Gasteiger partial charge on any atom is 0.0598 e. The minimum absolute atomic E-state index is 0.858. The zero-order valence-electron chi connectivity index (χ0n) is 10.9. The molecule has 0 atom stereocenters. The molecule has 2 aromatic rings. The Morgan fingerprint density at radius 2 is 1.94 bits per heavy atom. The highest BCUT2D eigenvalue weighted by Gasteiger charge is 2.07. The van der Waals surface area contributed by atoms with E-state index in [1.54, 1.807) is 0 Å². The molecule has 0 unspecified atom stereocenters. The number of benzene rings is 1. The molecule has 0 aliphatic carbocycles. The van der Waals surface area contributed by atoms with Crippen LogP contribution < -0.4 is 10.2 Å². The lowest BCUT2D eigenvalue weighted by atomic mass is 10.1. The van der Waals surface area contributed by atoms with Crippen molar-refractivity contribution in [1.82, 2.24) is 10.3 Å². The van der Waals surface area contributed by atoms with Crippen molar-refractivity contribution in [2.24, 2.45) is 0 Å². The van der Waals surface area contributed by atoms with Gasteiger partial charge in [-0.1, -0.05) is 30.3 Å². The summed E-state index contributed by atoms with van der Waals surface area (Å²) in [5.74, 6) is 0. The summed E-state index contributed by atoms with van der Waals surface area (Å²) in [5, 5.41) is 3.19. The van der Waals surface area contributed by atoms with Gasteiger partial charge in [0.1, 0.15) is 0 Å². The Morgan fingerprint density at radius 1 is 1.17 bits per heavy atom. The zero-order chi connectivity index (χ0) is 12.8. The first-order valence-corrected chi connectivity index (χ1v) is 6.14. The first kappa shape index (κ1) is 12.6. The van der Waals surface area contributed by atoms with Crippen LogP contribution in [0.2, 0.25) is 0 Å². The van der Waals surface area contributed by atoms with Gasteiger partial charge < -0.3 is 10.2 Å². The topological polar surface area (TPSA) is 28.2 Å². The normalized spacial score (nSPS) is 10.3. The fraction of sp³-hybridized carbons (Fsp3) is 0.267. The van der Waals surface area contributed by atoms with Crippen molar-refractivity contribution in [2.75, 3.05) is 19.0 Å². The maximum absolute atomic E-state index is 4.22. The summed E-state index contributed by atoms with van der Waals surface area (Å²) in [7, 11) is 4.06. The monoisotopic (exact) mass is 241 g/mol. The Balaban J connectivity index is 2.16. The molecule has 0 bridgehead atoms. The Morgan fingerprint density at radius 3 is 2.67 bits per heavy atom. The van der Waals surface area contributed by atoms with Gasteiger partial charge in [-0.3, -0.25) is 4.98 Å². The summed E-state index contributed by atoms with van der Waals surface area (Å²) in [6, 6.07) is 12.5. The minimum Gasteiger partial charge on any atom is -0.369 e. The van der Waals surface area contributed by atoms with Crippen LogP contribution in [0.15, 0.2) is 48.8 Å². The molecule has 0 saturated carbocycles. The summed E-state index contributed by atoms with van der Waals surface area (Å²) in [6.07, 6.45) is 3.77. The predicted molar refractivity (Wildman–Crippen MR) is 75.5 cm³/mol. The van der Waals surface area contributed by atoms with Crippen LogP contribution in [-0.4, -0.2) is 19.1 Å². The van der Waals surface area contributed by atoms with Crippen LogP contribution in [0.25, 0.3) is 0 Å². The van der Waals surface area contributed by atoms with E-state index in [1.807, 2.05) is 25.5 Å². The molecule has 0 aliphatic rings. The van der Waals surface area contributed by atoms with Gasteiger partial charge in [0.2, 0.25) is 0 Å². The van der Waals surface area contributed by atoms with E-state index in [4.69, 9.17) is 0 Å². The van der Waals surface area contributed by atoms with Crippen LogP contribution in [0, 0.1) is 0 Å². The fourth-order valence-corrected chi connectivity index (χ4v) is 2.04. The summed E-state index contributed by atoms with van der Waals surface area (Å²) < 4.78 is 0. The van der Waals surface area contributed by atoms with E-state index in [9.17, 15) is 0 Å². The average molecular weight is 241 g/mol. The van der Waals surface area contributed by atoms with E-state index >= 15 is 0 Å². The number of nitrogens with zero attached hydrogens (tertiary/aromatic N) is 2. The standard InChI is InChI=1S/C15H19N3/c1-16-10-14-8-9-17-11-15(14)18(2)12-13-6-4-3-5-7-13/h3-9,11,16H,10,12H2,1-2H3. The van der Waals surface area contributed by atoms with E-state index in [1.165, 1.54) is 16.8 Å². The molecule has 1 heterocycles. The van der Waals surface area contributed by atoms with Crippen molar-refractivity contribution >= 4 is 5.69 Å².